The van der Waals surface area contributed by atoms with Gasteiger partial charge in [-0.05, 0) is 30.5 Å². The van der Waals surface area contributed by atoms with Gasteiger partial charge in [-0.2, -0.15) is 0 Å². The van der Waals surface area contributed by atoms with Gasteiger partial charge in [0.25, 0.3) is 0 Å². The highest BCUT2D eigenvalue weighted by Crippen LogP contribution is 2.45. The Hall–Kier alpha value is -3.69. The molecule has 15 nitrogen and oxygen atoms in total. The minimum absolute atomic E-state index is 0.0153. The number of hydrogen-bond acceptors (Lipinski definition) is 10. The van der Waals surface area contributed by atoms with Crippen molar-refractivity contribution >= 4 is 31.7 Å². The maximum Gasteiger partial charge on any atom is 0.472 e. The molecule has 0 fully saturated rings. The summed E-state index contributed by atoms with van der Waals surface area (Å²) in [7, 11) is -4.84. The molecule has 0 saturated heterocycles. The molecule has 2 unspecified atom stereocenters. The van der Waals surface area contributed by atoms with Gasteiger partial charge in [-0.15, -0.1) is 0 Å². The lowest BCUT2D eigenvalue weighted by atomic mass is 10.0. The maximum absolute atomic E-state index is 13.3. The van der Waals surface area contributed by atoms with Crippen LogP contribution in [0.5, 0.6) is 0 Å². The molecule has 0 spiro atoms. The van der Waals surface area contributed by atoms with Gasteiger partial charge in [0.1, 0.15) is 0 Å². The second-order valence-electron chi connectivity index (χ2n) is 10.6. The summed E-state index contributed by atoms with van der Waals surface area (Å²) in [6.07, 6.45) is -0.298. The van der Waals surface area contributed by atoms with E-state index in [1.807, 2.05) is 60.7 Å². The molecular weight excluding hydrogens is 625 g/mol. The minimum Gasteiger partial charge on any atom is -0.480 e. The zero-order chi connectivity index (χ0) is 34.1. The average Bonchev–Trinajstić information content (AvgIpc) is 2.96. The Morgan fingerprint density at radius 3 is 1.59 bits per heavy atom. The third-order valence-electron chi connectivity index (χ3n) is 6.88. The number of carbonyl (C=O) groups is 4. The largest absolute Gasteiger partial charge is 0.480 e. The Kier molecular flexibility index (Phi) is 16.5. The number of hydrogen-bond donors (Lipinski definition) is 5. The highest BCUT2D eigenvalue weighted by atomic mass is 31.2. The molecule has 2 aromatic carbocycles. The monoisotopic (exact) mass is 667 g/mol. The molecule has 0 heterocycles. The Morgan fingerprint density at radius 1 is 0.717 bits per heavy atom. The van der Waals surface area contributed by atoms with Gasteiger partial charge in [-0.25, -0.2) is 4.57 Å². The molecule has 254 valence electrons. The second kappa shape index (κ2) is 19.7. The van der Waals surface area contributed by atoms with Gasteiger partial charge in [0.2, 0.25) is 0 Å². The lowest BCUT2D eigenvalue weighted by Crippen LogP contribution is -2.52. The van der Waals surface area contributed by atoms with Gasteiger partial charge in [0.15, 0.2) is 0 Å². The molecule has 2 aromatic rings. The molecule has 5 N–H and O–H groups in total. The van der Waals surface area contributed by atoms with Crippen LogP contribution in [0.4, 0.5) is 0 Å². The molecule has 0 aliphatic rings. The van der Waals surface area contributed by atoms with Crippen molar-refractivity contribution in [3.8, 4) is 0 Å². The van der Waals surface area contributed by atoms with Crippen LogP contribution in [0.2, 0.25) is 0 Å². The maximum atomic E-state index is 13.3. The van der Waals surface area contributed by atoms with Crippen LogP contribution < -0.4 is 0 Å². The summed E-state index contributed by atoms with van der Waals surface area (Å²) >= 11 is 0. The number of nitrogens with zero attached hydrogens (tertiary/aromatic N) is 3. The summed E-state index contributed by atoms with van der Waals surface area (Å²) in [5.74, 6) is -5.10. The third kappa shape index (κ3) is 16.0. The Balaban J connectivity index is 2.29. The number of likely N-dealkylation sites (N-methyl/N-ethyl adjacent to an activating group) is 1. The Labute approximate surface area is 267 Å². The first-order valence-electron chi connectivity index (χ1n) is 14.6. The summed E-state index contributed by atoms with van der Waals surface area (Å²) in [6.45, 7) is -1.18. The van der Waals surface area contributed by atoms with Crippen LogP contribution in [0.1, 0.15) is 18.1 Å². The van der Waals surface area contributed by atoms with E-state index in [1.165, 1.54) is 4.90 Å². The molecule has 0 aliphatic carbocycles. The summed E-state index contributed by atoms with van der Waals surface area (Å²) in [4.78, 5) is 60.8. The number of rotatable bonds is 24. The summed E-state index contributed by atoms with van der Waals surface area (Å²) in [5, 5.41) is 37.6. The van der Waals surface area contributed by atoms with E-state index in [1.54, 1.807) is 11.8 Å². The van der Waals surface area contributed by atoms with Crippen LogP contribution in [0.15, 0.2) is 60.7 Å². The zero-order valence-electron chi connectivity index (χ0n) is 25.6. The van der Waals surface area contributed by atoms with Crippen LogP contribution in [-0.4, -0.2) is 135 Å². The summed E-state index contributed by atoms with van der Waals surface area (Å²) in [6, 6.07) is 17.1. The predicted molar refractivity (Wildman–Crippen MR) is 165 cm³/mol. The van der Waals surface area contributed by atoms with Crippen molar-refractivity contribution in [2.24, 2.45) is 0 Å². The van der Waals surface area contributed by atoms with Crippen LogP contribution in [-0.2, 0) is 45.6 Å². The molecule has 46 heavy (non-hydrogen) atoms. The molecule has 0 bridgehead atoms. The van der Waals surface area contributed by atoms with E-state index in [0.29, 0.717) is 6.54 Å². The topological polar surface area (TPSA) is 215 Å². The molecule has 2 atom stereocenters. The lowest BCUT2D eigenvalue weighted by Gasteiger charge is -2.34. The van der Waals surface area contributed by atoms with Crippen molar-refractivity contribution in [3.63, 3.8) is 0 Å². The Morgan fingerprint density at radius 2 is 1.15 bits per heavy atom. The smallest absolute Gasteiger partial charge is 0.472 e. The molecular formula is C30H42N3O12P. The molecule has 0 radical (unpaired) electrons. The van der Waals surface area contributed by atoms with E-state index in [0.717, 1.165) is 16.0 Å². The van der Waals surface area contributed by atoms with E-state index in [4.69, 9.17) is 14.2 Å². The highest BCUT2D eigenvalue weighted by molar-refractivity contribution is 7.47. The summed E-state index contributed by atoms with van der Waals surface area (Å²) < 4.78 is 24.2. The number of phosphoric acid groups is 1. The van der Waals surface area contributed by atoms with Gasteiger partial charge < -0.3 is 25.3 Å². The standard InChI is InChI=1S/C30H42N3O12P/c1-2-31(18-27(34)35)13-14-32(19-28(36)37)17-25(33(20-29(38)39)21-30(40)41)22-44-46(42,43)45-26(15-23-9-5-3-6-10-23)16-24-11-7-4-8-12-24/h3-12,25-26H,2,13-22H2,1H3,(H,34,35)(H,36,37)(H,38,39)(H,40,41)(H,42,43). The SMILES string of the molecule is CCN(CCN(CC(=O)O)CC(COP(=O)(O)OC(Cc1ccccc1)Cc1ccccc1)N(CC(=O)O)CC(=O)O)CC(=O)O. The highest BCUT2D eigenvalue weighted by Gasteiger charge is 2.32. The van der Waals surface area contributed by atoms with Gasteiger partial charge in [-0.1, -0.05) is 67.6 Å². The fourth-order valence-corrected chi connectivity index (χ4v) is 5.73. The van der Waals surface area contributed by atoms with Crippen LogP contribution in [0.3, 0.4) is 0 Å². The van der Waals surface area contributed by atoms with Crippen molar-refractivity contribution in [3.05, 3.63) is 71.8 Å². The van der Waals surface area contributed by atoms with Crippen molar-refractivity contribution < 1.29 is 58.1 Å². The number of benzene rings is 2. The fourth-order valence-electron chi connectivity index (χ4n) is 4.78. The predicted octanol–water partition coefficient (Wildman–Crippen LogP) is 1.61. The number of carboxylic acids is 4. The van der Waals surface area contributed by atoms with E-state index in [9.17, 15) is 44.0 Å². The third-order valence-corrected chi connectivity index (χ3v) is 7.92. The normalized spacial score (nSPS) is 13.6. The molecule has 0 aromatic heterocycles. The average molecular weight is 668 g/mol. The van der Waals surface area contributed by atoms with Crippen molar-refractivity contribution in [1.29, 1.82) is 0 Å². The van der Waals surface area contributed by atoms with Gasteiger partial charge in [0.05, 0.1) is 38.9 Å². The first-order chi connectivity index (χ1) is 21.8. The van der Waals surface area contributed by atoms with Gasteiger partial charge in [-0.3, -0.25) is 42.9 Å². The fraction of sp³-hybridized carbons (Fsp3) is 0.467. The van der Waals surface area contributed by atoms with Crippen molar-refractivity contribution in [1.82, 2.24) is 14.7 Å². The lowest BCUT2D eigenvalue weighted by molar-refractivity contribution is -0.144. The molecule has 0 amide bonds. The van der Waals surface area contributed by atoms with Gasteiger partial charge in [0, 0.05) is 25.7 Å². The van der Waals surface area contributed by atoms with Crippen molar-refractivity contribution in [2.75, 3.05) is 59.0 Å². The first kappa shape index (κ1) is 38.5. The minimum atomic E-state index is -4.84. The van der Waals surface area contributed by atoms with Crippen LogP contribution >= 0.6 is 7.82 Å². The number of carboxylic acid groups (broad SMARTS) is 4. The van der Waals surface area contributed by atoms with Crippen LogP contribution in [0, 0.1) is 0 Å². The molecule has 2 rings (SSSR count). The quantitative estimate of drug-likeness (QED) is 0.101. The Bertz CT molecular complexity index is 1240. The van der Waals surface area contributed by atoms with E-state index >= 15 is 0 Å². The first-order valence-corrected chi connectivity index (χ1v) is 16.0. The zero-order valence-corrected chi connectivity index (χ0v) is 26.5. The molecule has 0 aliphatic heterocycles. The van der Waals surface area contributed by atoms with Crippen molar-refractivity contribution in [2.45, 2.75) is 31.9 Å². The molecule has 0 saturated carbocycles. The van der Waals surface area contributed by atoms with E-state index in [-0.39, 0.29) is 39.0 Å². The van der Waals surface area contributed by atoms with Crippen LogP contribution in [0.25, 0.3) is 0 Å². The number of phosphoric ester groups is 1. The van der Waals surface area contributed by atoms with E-state index in [2.05, 4.69) is 0 Å². The van der Waals surface area contributed by atoms with Gasteiger partial charge >= 0.3 is 31.7 Å². The molecule has 16 heteroatoms. The summed E-state index contributed by atoms with van der Waals surface area (Å²) in [5.41, 5.74) is 1.67. The van der Waals surface area contributed by atoms with E-state index < -0.39 is 70.1 Å². The number of aliphatic carboxylic acids is 4. The second-order valence-corrected chi connectivity index (χ2v) is 12.0.